The van der Waals surface area contributed by atoms with Crippen LogP contribution in [0.2, 0.25) is 0 Å². The maximum atomic E-state index is 12.3. The fourth-order valence-electron chi connectivity index (χ4n) is 1.64. The number of carbonyl (C=O) groups is 1. The SMILES string of the molecule is CC(C)N(CCCBr)C(=O)c1ccc(Br)c(O)c1. The summed E-state index contributed by atoms with van der Waals surface area (Å²) in [5.41, 5.74) is 0.513. The van der Waals surface area contributed by atoms with Gasteiger partial charge in [-0.05, 0) is 54.4 Å². The van der Waals surface area contributed by atoms with Gasteiger partial charge in [0.2, 0.25) is 0 Å². The molecule has 1 N–H and O–H groups in total. The molecule has 0 fully saturated rings. The van der Waals surface area contributed by atoms with Crippen LogP contribution < -0.4 is 0 Å². The molecule has 5 heteroatoms. The van der Waals surface area contributed by atoms with Crippen molar-refractivity contribution in [1.82, 2.24) is 4.90 Å². The summed E-state index contributed by atoms with van der Waals surface area (Å²) in [6, 6.07) is 5.04. The molecular weight excluding hydrogens is 362 g/mol. The molecule has 0 radical (unpaired) electrons. The van der Waals surface area contributed by atoms with Gasteiger partial charge in [-0.15, -0.1) is 0 Å². The molecule has 1 aromatic carbocycles. The minimum absolute atomic E-state index is 0.0475. The highest BCUT2D eigenvalue weighted by molar-refractivity contribution is 9.10. The number of carbonyl (C=O) groups excluding carboxylic acids is 1. The number of hydrogen-bond acceptors (Lipinski definition) is 2. The van der Waals surface area contributed by atoms with Gasteiger partial charge >= 0.3 is 0 Å². The normalized spacial score (nSPS) is 10.7. The van der Waals surface area contributed by atoms with Crippen LogP contribution in [-0.2, 0) is 0 Å². The molecule has 100 valence electrons. The standard InChI is InChI=1S/C13H17Br2NO2/c1-9(2)16(7-3-6-14)13(18)10-4-5-11(15)12(17)8-10/h4-5,8-9,17H,3,6-7H2,1-2H3. The quantitative estimate of drug-likeness (QED) is 0.792. The lowest BCUT2D eigenvalue weighted by atomic mass is 10.1. The minimum atomic E-state index is -0.0475. The van der Waals surface area contributed by atoms with E-state index in [-0.39, 0.29) is 17.7 Å². The number of rotatable bonds is 5. The molecule has 1 aromatic rings. The smallest absolute Gasteiger partial charge is 0.254 e. The van der Waals surface area contributed by atoms with E-state index in [0.717, 1.165) is 11.8 Å². The van der Waals surface area contributed by atoms with E-state index in [1.54, 1.807) is 12.1 Å². The fraction of sp³-hybridized carbons (Fsp3) is 0.462. The Hall–Kier alpha value is -0.550. The van der Waals surface area contributed by atoms with Crippen LogP contribution in [0.3, 0.4) is 0 Å². The molecule has 3 nitrogen and oxygen atoms in total. The van der Waals surface area contributed by atoms with E-state index in [9.17, 15) is 9.90 Å². The van der Waals surface area contributed by atoms with Crippen LogP contribution in [0.1, 0.15) is 30.6 Å². The molecule has 0 heterocycles. The first kappa shape index (κ1) is 15.5. The molecule has 0 bridgehead atoms. The van der Waals surface area contributed by atoms with Gasteiger partial charge in [0.1, 0.15) is 5.75 Å². The third-order valence-electron chi connectivity index (χ3n) is 2.61. The summed E-state index contributed by atoms with van der Waals surface area (Å²) >= 11 is 6.57. The third kappa shape index (κ3) is 3.99. The Kier molecular flexibility index (Phi) is 6.15. The van der Waals surface area contributed by atoms with Crippen LogP contribution in [0.15, 0.2) is 22.7 Å². The highest BCUT2D eigenvalue weighted by atomic mass is 79.9. The lowest BCUT2D eigenvalue weighted by Crippen LogP contribution is -2.37. The number of phenols is 1. The summed E-state index contributed by atoms with van der Waals surface area (Å²) in [5, 5.41) is 10.5. The highest BCUT2D eigenvalue weighted by Crippen LogP contribution is 2.25. The van der Waals surface area contributed by atoms with Crippen LogP contribution in [0, 0.1) is 0 Å². The molecule has 0 saturated heterocycles. The van der Waals surface area contributed by atoms with Gasteiger partial charge in [0.05, 0.1) is 4.47 Å². The van der Waals surface area contributed by atoms with Gasteiger partial charge < -0.3 is 10.0 Å². The second kappa shape index (κ2) is 7.14. The highest BCUT2D eigenvalue weighted by Gasteiger charge is 2.18. The molecule has 0 aliphatic rings. The lowest BCUT2D eigenvalue weighted by Gasteiger charge is -2.26. The second-order valence-electron chi connectivity index (χ2n) is 4.30. The van der Waals surface area contributed by atoms with Gasteiger partial charge in [-0.25, -0.2) is 0 Å². The molecule has 0 spiro atoms. The van der Waals surface area contributed by atoms with Crippen molar-refractivity contribution in [3.63, 3.8) is 0 Å². The first-order valence-corrected chi connectivity index (χ1v) is 7.74. The zero-order chi connectivity index (χ0) is 13.7. The third-order valence-corrected chi connectivity index (χ3v) is 3.84. The molecule has 1 rings (SSSR count). The van der Waals surface area contributed by atoms with Crippen LogP contribution in [0.5, 0.6) is 5.75 Å². The number of hydrogen-bond donors (Lipinski definition) is 1. The van der Waals surface area contributed by atoms with E-state index < -0.39 is 0 Å². The fourth-order valence-corrected chi connectivity index (χ4v) is 2.13. The zero-order valence-electron chi connectivity index (χ0n) is 10.5. The Balaban J connectivity index is 2.91. The largest absolute Gasteiger partial charge is 0.507 e. The van der Waals surface area contributed by atoms with E-state index in [0.29, 0.717) is 16.6 Å². The van der Waals surface area contributed by atoms with Crippen LogP contribution in [-0.4, -0.2) is 33.8 Å². The Morgan fingerprint density at radius 2 is 2.11 bits per heavy atom. The molecule has 0 aliphatic heterocycles. The summed E-state index contributed by atoms with van der Waals surface area (Å²) in [7, 11) is 0. The molecular formula is C13H17Br2NO2. The maximum Gasteiger partial charge on any atom is 0.254 e. The predicted molar refractivity (Wildman–Crippen MR) is 80.4 cm³/mol. The lowest BCUT2D eigenvalue weighted by molar-refractivity contribution is 0.0706. The summed E-state index contributed by atoms with van der Waals surface area (Å²) in [6.45, 7) is 4.69. The van der Waals surface area contributed by atoms with E-state index >= 15 is 0 Å². The van der Waals surface area contributed by atoms with Crippen LogP contribution >= 0.6 is 31.9 Å². The van der Waals surface area contributed by atoms with Crippen molar-refractivity contribution in [2.75, 3.05) is 11.9 Å². The van der Waals surface area contributed by atoms with Crippen molar-refractivity contribution in [3.05, 3.63) is 28.2 Å². The van der Waals surface area contributed by atoms with Crippen molar-refractivity contribution in [2.45, 2.75) is 26.3 Å². The average Bonchev–Trinajstić information content (AvgIpc) is 2.32. The van der Waals surface area contributed by atoms with Crippen LogP contribution in [0.25, 0.3) is 0 Å². The Labute approximate surface area is 124 Å². The zero-order valence-corrected chi connectivity index (χ0v) is 13.7. The molecule has 18 heavy (non-hydrogen) atoms. The van der Waals surface area contributed by atoms with Gasteiger partial charge in [-0.1, -0.05) is 15.9 Å². The molecule has 1 amide bonds. The van der Waals surface area contributed by atoms with Crippen molar-refractivity contribution >= 4 is 37.8 Å². The molecule has 0 unspecified atom stereocenters. The number of halogens is 2. The van der Waals surface area contributed by atoms with Crippen molar-refractivity contribution in [3.8, 4) is 5.75 Å². The van der Waals surface area contributed by atoms with Crippen molar-refractivity contribution in [2.24, 2.45) is 0 Å². The van der Waals surface area contributed by atoms with Crippen LogP contribution in [0.4, 0.5) is 0 Å². The monoisotopic (exact) mass is 377 g/mol. The number of amides is 1. The molecule has 0 aromatic heterocycles. The first-order valence-electron chi connectivity index (χ1n) is 5.82. The van der Waals surface area contributed by atoms with E-state index in [2.05, 4.69) is 31.9 Å². The van der Waals surface area contributed by atoms with Gasteiger partial charge in [-0.3, -0.25) is 4.79 Å². The van der Waals surface area contributed by atoms with Crippen molar-refractivity contribution in [1.29, 1.82) is 0 Å². The average molecular weight is 379 g/mol. The predicted octanol–water partition coefficient (Wildman–Crippen LogP) is 3.79. The minimum Gasteiger partial charge on any atom is -0.507 e. The molecule has 0 saturated carbocycles. The topological polar surface area (TPSA) is 40.5 Å². The maximum absolute atomic E-state index is 12.3. The Bertz CT molecular complexity index is 421. The Morgan fingerprint density at radius 1 is 1.44 bits per heavy atom. The molecule has 0 aliphatic carbocycles. The Morgan fingerprint density at radius 3 is 2.61 bits per heavy atom. The van der Waals surface area contributed by atoms with Gasteiger partial charge in [0, 0.05) is 23.5 Å². The summed E-state index contributed by atoms with van der Waals surface area (Å²) in [5.74, 6) is 0.0406. The number of alkyl halides is 1. The van der Waals surface area contributed by atoms with Crippen molar-refractivity contribution < 1.29 is 9.90 Å². The summed E-state index contributed by atoms with van der Waals surface area (Å²) in [6.07, 6.45) is 0.909. The second-order valence-corrected chi connectivity index (χ2v) is 5.95. The number of aromatic hydroxyl groups is 1. The number of nitrogens with zero attached hydrogens (tertiary/aromatic N) is 1. The summed E-state index contributed by atoms with van der Waals surface area (Å²) in [4.78, 5) is 14.1. The van der Waals surface area contributed by atoms with E-state index in [1.165, 1.54) is 6.07 Å². The first-order chi connectivity index (χ1) is 8.47. The van der Waals surface area contributed by atoms with Gasteiger partial charge in [0.25, 0.3) is 5.91 Å². The molecule has 0 atom stereocenters. The number of phenolic OH excluding ortho intramolecular Hbond substituents is 1. The summed E-state index contributed by atoms with van der Waals surface area (Å²) < 4.78 is 0.593. The van der Waals surface area contributed by atoms with Gasteiger partial charge in [0.15, 0.2) is 0 Å². The number of benzene rings is 1. The van der Waals surface area contributed by atoms with E-state index in [1.807, 2.05) is 18.7 Å². The van der Waals surface area contributed by atoms with E-state index in [4.69, 9.17) is 0 Å². The van der Waals surface area contributed by atoms with Gasteiger partial charge in [-0.2, -0.15) is 0 Å².